The van der Waals surface area contributed by atoms with E-state index in [0.717, 1.165) is 12.0 Å². The normalized spacial score (nSPS) is 19.9. The Balaban J connectivity index is 2.14. The second-order valence-electron chi connectivity index (χ2n) is 5.12. The molecule has 1 heterocycles. The largest absolute Gasteiger partial charge is 0.388 e. The number of rotatable bonds is 3. The molecule has 0 radical (unpaired) electrons. The molecule has 0 aromatic carbocycles. The fourth-order valence-corrected chi connectivity index (χ4v) is 2.90. The molecule has 1 unspecified atom stereocenters. The summed E-state index contributed by atoms with van der Waals surface area (Å²) < 4.78 is 0. The molecular formula is C15H23NO. The number of aryl methyl sites for hydroxylation is 1. The Bertz CT molecular complexity index is 343. The average Bonchev–Trinajstić information content (AvgIpc) is 2.66. The second kappa shape index (κ2) is 6.15. The standard InChI is InChI=1S/C15H23NO/c1-2-12-11-16-10-9-14(12)15(17)13-7-5-3-4-6-8-13/h9-11,13,15,17H,2-8H2,1H3. The highest BCUT2D eigenvalue weighted by Crippen LogP contribution is 2.34. The number of aliphatic hydroxyl groups excluding tert-OH is 1. The van der Waals surface area contributed by atoms with E-state index in [1.165, 1.54) is 44.1 Å². The SMILES string of the molecule is CCc1cnccc1C(O)C1CCCCCC1. The lowest BCUT2D eigenvalue weighted by molar-refractivity contribution is 0.0979. The van der Waals surface area contributed by atoms with Crippen molar-refractivity contribution in [1.82, 2.24) is 4.98 Å². The fourth-order valence-electron chi connectivity index (χ4n) is 2.90. The Morgan fingerprint density at radius 3 is 2.65 bits per heavy atom. The Labute approximate surface area is 104 Å². The topological polar surface area (TPSA) is 33.1 Å². The number of hydrogen-bond acceptors (Lipinski definition) is 2. The molecular weight excluding hydrogens is 210 g/mol. The van der Waals surface area contributed by atoms with Gasteiger partial charge in [0.1, 0.15) is 0 Å². The van der Waals surface area contributed by atoms with E-state index in [1.54, 1.807) is 6.20 Å². The van der Waals surface area contributed by atoms with Gasteiger partial charge in [0.2, 0.25) is 0 Å². The lowest BCUT2D eigenvalue weighted by Gasteiger charge is -2.23. The van der Waals surface area contributed by atoms with Gasteiger partial charge < -0.3 is 5.11 Å². The number of aliphatic hydroxyl groups is 1. The van der Waals surface area contributed by atoms with E-state index in [9.17, 15) is 5.11 Å². The minimum atomic E-state index is -0.286. The summed E-state index contributed by atoms with van der Waals surface area (Å²) in [6, 6.07) is 1.99. The Morgan fingerprint density at radius 1 is 1.29 bits per heavy atom. The maximum atomic E-state index is 10.6. The van der Waals surface area contributed by atoms with Crippen LogP contribution in [0.2, 0.25) is 0 Å². The zero-order chi connectivity index (χ0) is 12.1. The Kier molecular flexibility index (Phi) is 4.55. The van der Waals surface area contributed by atoms with E-state index >= 15 is 0 Å². The summed E-state index contributed by atoms with van der Waals surface area (Å²) in [5.74, 6) is 0.449. The second-order valence-corrected chi connectivity index (χ2v) is 5.12. The van der Waals surface area contributed by atoms with Crippen LogP contribution in [0, 0.1) is 5.92 Å². The predicted molar refractivity (Wildman–Crippen MR) is 69.8 cm³/mol. The minimum Gasteiger partial charge on any atom is -0.388 e. The van der Waals surface area contributed by atoms with E-state index in [-0.39, 0.29) is 6.10 Å². The highest BCUT2D eigenvalue weighted by Gasteiger charge is 2.23. The van der Waals surface area contributed by atoms with Crippen LogP contribution in [0.4, 0.5) is 0 Å². The molecule has 1 fully saturated rings. The van der Waals surface area contributed by atoms with Gasteiger partial charge in [0.15, 0.2) is 0 Å². The molecule has 1 aromatic rings. The molecule has 2 heteroatoms. The molecule has 1 aliphatic rings. The predicted octanol–water partition coefficient (Wildman–Crippen LogP) is 3.65. The number of aromatic nitrogens is 1. The van der Waals surface area contributed by atoms with E-state index in [4.69, 9.17) is 0 Å². The van der Waals surface area contributed by atoms with Crippen molar-refractivity contribution in [1.29, 1.82) is 0 Å². The number of hydrogen-bond donors (Lipinski definition) is 1. The van der Waals surface area contributed by atoms with Crippen LogP contribution in [0.25, 0.3) is 0 Å². The highest BCUT2D eigenvalue weighted by atomic mass is 16.3. The van der Waals surface area contributed by atoms with Gasteiger partial charge in [-0.3, -0.25) is 4.98 Å². The minimum absolute atomic E-state index is 0.286. The molecule has 1 aliphatic carbocycles. The fraction of sp³-hybridized carbons (Fsp3) is 0.667. The highest BCUT2D eigenvalue weighted by molar-refractivity contribution is 5.26. The number of pyridine rings is 1. The molecule has 17 heavy (non-hydrogen) atoms. The molecule has 1 atom stereocenters. The maximum Gasteiger partial charge on any atom is 0.0821 e. The van der Waals surface area contributed by atoms with Crippen LogP contribution in [0.15, 0.2) is 18.5 Å². The Hall–Kier alpha value is -0.890. The van der Waals surface area contributed by atoms with Gasteiger partial charge in [-0.25, -0.2) is 0 Å². The van der Waals surface area contributed by atoms with E-state index < -0.39 is 0 Å². The molecule has 0 spiro atoms. The van der Waals surface area contributed by atoms with E-state index in [1.807, 2.05) is 12.3 Å². The molecule has 0 aliphatic heterocycles. The van der Waals surface area contributed by atoms with Gasteiger partial charge in [-0.2, -0.15) is 0 Å². The zero-order valence-electron chi connectivity index (χ0n) is 10.7. The molecule has 0 saturated heterocycles. The van der Waals surface area contributed by atoms with Crippen LogP contribution in [0.5, 0.6) is 0 Å². The van der Waals surface area contributed by atoms with Crippen LogP contribution in [0.3, 0.4) is 0 Å². The van der Waals surface area contributed by atoms with Crippen molar-refractivity contribution in [2.45, 2.75) is 58.0 Å². The van der Waals surface area contributed by atoms with Gasteiger partial charge in [-0.1, -0.05) is 32.6 Å². The summed E-state index contributed by atoms with van der Waals surface area (Å²) in [5, 5.41) is 10.6. The van der Waals surface area contributed by atoms with Crippen LogP contribution >= 0.6 is 0 Å². The first kappa shape index (κ1) is 12.6. The molecule has 94 valence electrons. The van der Waals surface area contributed by atoms with Crippen molar-refractivity contribution in [2.24, 2.45) is 5.92 Å². The maximum absolute atomic E-state index is 10.6. The molecule has 1 N–H and O–H groups in total. The summed E-state index contributed by atoms with van der Waals surface area (Å²) in [5.41, 5.74) is 2.30. The molecule has 2 nitrogen and oxygen atoms in total. The molecule has 0 bridgehead atoms. The summed E-state index contributed by atoms with van der Waals surface area (Å²) in [6.07, 6.45) is 11.9. The van der Waals surface area contributed by atoms with Crippen molar-refractivity contribution >= 4 is 0 Å². The summed E-state index contributed by atoms with van der Waals surface area (Å²) in [4.78, 5) is 4.15. The smallest absolute Gasteiger partial charge is 0.0821 e. The summed E-state index contributed by atoms with van der Waals surface area (Å²) in [6.45, 7) is 2.13. The van der Waals surface area contributed by atoms with Gasteiger partial charge in [-0.15, -0.1) is 0 Å². The first-order valence-electron chi connectivity index (χ1n) is 6.93. The van der Waals surface area contributed by atoms with Gasteiger partial charge >= 0.3 is 0 Å². The van der Waals surface area contributed by atoms with Gasteiger partial charge in [0.05, 0.1) is 6.10 Å². The van der Waals surface area contributed by atoms with Gasteiger partial charge in [0, 0.05) is 12.4 Å². The van der Waals surface area contributed by atoms with Crippen molar-refractivity contribution in [2.75, 3.05) is 0 Å². The average molecular weight is 233 g/mol. The van der Waals surface area contributed by atoms with Crippen LogP contribution in [-0.2, 0) is 6.42 Å². The van der Waals surface area contributed by atoms with Crippen molar-refractivity contribution in [3.05, 3.63) is 29.6 Å². The van der Waals surface area contributed by atoms with Crippen molar-refractivity contribution < 1.29 is 5.11 Å². The third-order valence-electron chi connectivity index (χ3n) is 3.99. The first-order chi connectivity index (χ1) is 8.33. The van der Waals surface area contributed by atoms with Crippen LogP contribution in [-0.4, -0.2) is 10.1 Å². The van der Waals surface area contributed by atoms with Crippen LogP contribution in [0.1, 0.15) is 62.7 Å². The zero-order valence-corrected chi connectivity index (χ0v) is 10.7. The quantitative estimate of drug-likeness (QED) is 0.808. The first-order valence-corrected chi connectivity index (χ1v) is 6.93. The van der Waals surface area contributed by atoms with E-state index in [2.05, 4.69) is 11.9 Å². The van der Waals surface area contributed by atoms with E-state index in [0.29, 0.717) is 5.92 Å². The monoisotopic (exact) mass is 233 g/mol. The summed E-state index contributed by atoms with van der Waals surface area (Å²) >= 11 is 0. The van der Waals surface area contributed by atoms with Gasteiger partial charge in [0.25, 0.3) is 0 Å². The Morgan fingerprint density at radius 2 is 2.00 bits per heavy atom. The third-order valence-corrected chi connectivity index (χ3v) is 3.99. The third kappa shape index (κ3) is 3.06. The number of nitrogens with zero attached hydrogens (tertiary/aromatic N) is 1. The molecule has 2 rings (SSSR count). The summed E-state index contributed by atoms with van der Waals surface area (Å²) in [7, 11) is 0. The van der Waals surface area contributed by atoms with Gasteiger partial charge in [-0.05, 0) is 42.4 Å². The molecule has 1 aromatic heterocycles. The lowest BCUT2D eigenvalue weighted by Crippen LogP contribution is -2.14. The molecule has 1 saturated carbocycles. The van der Waals surface area contributed by atoms with Crippen LogP contribution < -0.4 is 0 Å². The lowest BCUT2D eigenvalue weighted by atomic mass is 9.87. The molecule has 0 amide bonds. The van der Waals surface area contributed by atoms with Crippen molar-refractivity contribution in [3.8, 4) is 0 Å². The van der Waals surface area contributed by atoms with Crippen molar-refractivity contribution in [3.63, 3.8) is 0 Å².